The van der Waals surface area contributed by atoms with Crippen LogP contribution in [0.3, 0.4) is 0 Å². The van der Waals surface area contributed by atoms with Crippen molar-refractivity contribution in [1.29, 1.82) is 0 Å². The Labute approximate surface area is 116 Å². The molecule has 1 aromatic heterocycles. The Bertz CT molecular complexity index is 524. The lowest BCUT2D eigenvalue weighted by Gasteiger charge is -2.22. The van der Waals surface area contributed by atoms with Crippen LogP contribution in [0.15, 0.2) is 41.1 Å². The van der Waals surface area contributed by atoms with E-state index in [1.807, 2.05) is 24.3 Å². The Balaban J connectivity index is 1.85. The summed E-state index contributed by atoms with van der Waals surface area (Å²) in [6.45, 7) is 1.89. The number of benzene rings is 1. The SMILES string of the molecule is Clc1ccccc1O[C@H](c1ncco1)C1CCNC1. The van der Waals surface area contributed by atoms with Crippen molar-refractivity contribution in [2.24, 2.45) is 5.92 Å². The molecule has 19 heavy (non-hydrogen) atoms. The molecule has 2 aromatic rings. The van der Waals surface area contributed by atoms with Crippen LogP contribution in [0.2, 0.25) is 5.02 Å². The first-order valence-electron chi connectivity index (χ1n) is 6.36. The van der Waals surface area contributed by atoms with Crippen LogP contribution < -0.4 is 10.1 Å². The zero-order valence-corrected chi connectivity index (χ0v) is 11.1. The summed E-state index contributed by atoms with van der Waals surface area (Å²) in [7, 11) is 0. The van der Waals surface area contributed by atoms with E-state index in [2.05, 4.69) is 10.3 Å². The van der Waals surface area contributed by atoms with Gasteiger partial charge in [-0.1, -0.05) is 23.7 Å². The molecule has 1 aliphatic rings. The molecule has 0 amide bonds. The Morgan fingerprint density at radius 2 is 2.32 bits per heavy atom. The van der Waals surface area contributed by atoms with E-state index in [4.69, 9.17) is 20.8 Å². The number of nitrogens with one attached hydrogen (secondary N) is 1. The molecular formula is C14H15ClN2O2. The third kappa shape index (κ3) is 2.74. The minimum atomic E-state index is -0.204. The monoisotopic (exact) mass is 278 g/mol. The normalized spacial score (nSPS) is 20.4. The number of ether oxygens (including phenoxy) is 1. The van der Waals surface area contributed by atoms with Crippen LogP contribution in [-0.2, 0) is 0 Å². The lowest BCUT2D eigenvalue weighted by molar-refractivity contribution is 0.114. The first-order valence-corrected chi connectivity index (χ1v) is 6.73. The number of rotatable bonds is 4. The fourth-order valence-corrected chi connectivity index (χ4v) is 2.52. The van der Waals surface area contributed by atoms with Gasteiger partial charge in [-0.15, -0.1) is 0 Å². The quantitative estimate of drug-likeness (QED) is 0.934. The third-order valence-electron chi connectivity index (χ3n) is 3.31. The van der Waals surface area contributed by atoms with Crippen LogP contribution in [0.5, 0.6) is 5.75 Å². The molecule has 1 aromatic carbocycles. The van der Waals surface area contributed by atoms with Crippen molar-refractivity contribution >= 4 is 11.6 Å². The molecule has 5 heteroatoms. The minimum absolute atomic E-state index is 0.204. The zero-order valence-electron chi connectivity index (χ0n) is 10.4. The van der Waals surface area contributed by atoms with E-state index in [9.17, 15) is 0 Å². The van der Waals surface area contributed by atoms with Gasteiger partial charge in [0.1, 0.15) is 12.0 Å². The average Bonchev–Trinajstić information content (AvgIpc) is 3.11. The van der Waals surface area contributed by atoms with Crippen molar-refractivity contribution in [2.45, 2.75) is 12.5 Å². The second-order valence-corrected chi connectivity index (χ2v) is 5.00. The molecule has 1 aliphatic heterocycles. The summed E-state index contributed by atoms with van der Waals surface area (Å²) in [6, 6.07) is 7.46. The first-order chi connectivity index (χ1) is 9.34. The Morgan fingerprint density at radius 1 is 1.42 bits per heavy atom. The van der Waals surface area contributed by atoms with Crippen LogP contribution >= 0.6 is 11.6 Å². The molecule has 0 bridgehead atoms. The molecule has 0 saturated carbocycles. The first kappa shape index (κ1) is 12.5. The van der Waals surface area contributed by atoms with Crippen LogP contribution in [0.1, 0.15) is 18.4 Å². The van der Waals surface area contributed by atoms with Gasteiger partial charge in [0.2, 0.25) is 5.89 Å². The highest BCUT2D eigenvalue weighted by molar-refractivity contribution is 6.32. The number of oxazole rings is 1. The van der Waals surface area contributed by atoms with Gasteiger partial charge in [0.25, 0.3) is 0 Å². The van der Waals surface area contributed by atoms with Crippen molar-refractivity contribution in [1.82, 2.24) is 10.3 Å². The predicted molar refractivity (Wildman–Crippen MR) is 72.3 cm³/mol. The second-order valence-electron chi connectivity index (χ2n) is 4.59. The summed E-state index contributed by atoms with van der Waals surface area (Å²) < 4.78 is 11.5. The summed E-state index contributed by atoms with van der Waals surface area (Å²) in [5.74, 6) is 1.61. The van der Waals surface area contributed by atoms with E-state index >= 15 is 0 Å². The topological polar surface area (TPSA) is 47.3 Å². The van der Waals surface area contributed by atoms with Gasteiger partial charge in [-0.3, -0.25) is 0 Å². The number of halogens is 1. The second kappa shape index (κ2) is 5.63. The fourth-order valence-electron chi connectivity index (χ4n) is 2.34. The largest absolute Gasteiger partial charge is 0.479 e. The highest BCUT2D eigenvalue weighted by Gasteiger charge is 2.31. The smallest absolute Gasteiger partial charge is 0.235 e. The molecule has 2 heterocycles. The van der Waals surface area contributed by atoms with Gasteiger partial charge in [0, 0.05) is 12.5 Å². The summed E-state index contributed by atoms with van der Waals surface area (Å²) in [5.41, 5.74) is 0. The van der Waals surface area contributed by atoms with Crippen LogP contribution in [0.25, 0.3) is 0 Å². The van der Waals surface area contributed by atoms with Crippen molar-refractivity contribution in [3.8, 4) is 5.75 Å². The van der Waals surface area contributed by atoms with E-state index < -0.39 is 0 Å². The van der Waals surface area contributed by atoms with E-state index in [0.717, 1.165) is 19.5 Å². The number of hydrogen-bond acceptors (Lipinski definition) is 4. The van der Waals surface area contributed by atoms with Gasteiger partial charge in [0.15, 0.2) is 6.10 Å². The Morgan fingerprint density at radius 3 is 3.00 bits per heavy atom. The minimum Gasteiger partial charge on any atom is -0.479 e. The van der Waals surface area contributed by atoms with Gasteiger partial charge in [-0.25, -0.2) is 4.98 Å². The molecule has 1 unspecified atom stereocenters. The summed E-state index contributed by atoms with van der Waals surface area (Å²) in [4.78, 5) is 4.22. The third-order valence-corrected chi connectivity index (χ3v) is 3.62. The van der Waals surface area contributed by atoms with Gasteiger partial charge >= 0.3 is 0 Å². The summed E-state index contributed by atoms with van der Waals surface area (Å²) in [5, 5.41) is 3.93. The van der Waals surface area contributed by atoms with Gasteiger partial charge in [-0.05, 0) is 25.1 Å². The Hall–Kier alpha value is -1.52. The number of nitrogens with zero attached hydrogens (tertiary/aromatic N) is 1. The van der Waals surface area contributed by atoms with Crippen LogP contribution in [-0.4, -0.2) is 18.1 Å². The van der Waals surface area contributed by atoms with Gasteiger partial charge in [-0.2, -0.15) is 0 Å². The van der Waals surface area contributed by atoms with Crippen molar-refractivity contribution in [2.75, 3.05) is 13.1 Å². The van der Waals surface area contributed by atoms with E-state index in [-0.39, 0.29) is 6.10 Å². The van der Waals surface area contributed by atoms with Crippen molar-refractivity contribution in [3.05, 3.63) is 47.6 Å². The maximum absolute atomic E-state index is 6.14. The maximum atomic E-state index is 6.14. The lowest BCUT2D eigenvalue weighted by Crippen LogP contribution is -2.21. The molecule has 100 valence electrons. The number of hydrogen-bond donors (Lipinski definition) is 1. The van der Waals surface area contributed by atoms with Crippen molar-refractivity contribution in [3.63, 3.8) is 0 Å². The molecule has 1 saturated heterocycles. The number of para-hydroxylation sites is 1. The highest BCUT2D eigenvalue weighted by Crippen LogP contribution is 2.34. The number of aromatic nitrogens is 1. The molecule has 0 radical (unpaired) electrons. The Kier molecular flexibility index (Phi) is 3.71. The van der Waals surface area contributed by atoms with Gasteiger partial charge < -0.3 is 14.5 Å². The molecule has 2 atom stereocenters. The molecule has 0 spiro atoms. The standard InChI is InChI=1S/C14H15ClN2O2/c15-11-3-1-2-4-12(11)19-13(10-5-6-16-9-10)14-17-7-8-18-14/h1-4,7-8,10,13,16H,5-6,9H2/t10?,13-/m0/s1. The summed E-state index contributed by atoms with van der Waals surface area (Å²) in [6.07, 6.45) is 4.05. The fraction of sp³-hybridized carbons (Fsp3) is 0.357. The molecule has 4 nitrogen and oxygen atoms in total. The molecule has 3 rings (SSSR count). The highest BCUT2D eigenvalue weighted by atomic mass is 35.5. The predicted octanol–water partition coefficient (Wildman–Crippen LogP) is 3.06. The van der Waals surface area contributed by atoms with E-state index in [1.165, 1.54) is 0 Å². The van der Waals surface area contributed by atoms with Gasteiger partial charge in [0.05, 0.1) is 11.2 Å². The maximum Gasteiger partial charge on any atom is 0.235 e. The molecule has 0 aliphatic carbocycles. The lowest BCUT2D eigenvalue weighted by atomic mass is 10.0. The van der Waals surface area contributed by atoms with Crippen molar-refractivity contribution < 1.29 is 9.15 Å². The molecular weight excluding hydrogens is 264 g/mol. The van der Waals surface area contributed by atoms with E-state index in [0.29, 0.717) is 22.6 Å². The molecule has 1 fully saturated rings. The average molecular weight is 279 g/mol. The molecule has 1 N–H and O–H groups in total. The van der Waals surface area contributed by atoms with E-state index in [1.54, 1.807) is 12.5 Å². The van der Waals surface area contributed by atoms with Crippen LogP contribution in [0, 0.1) is 5.92 Å². The summed E-state index contributed by atoms with van der Waals surface area (Å²) >= 11 is 6.14. The van der Waals surface area contributed by atoms with Crippen LogP contribution in [0.4, 0.5) is 0 Å². The zero-order chi connectivity index (χ0) is 13.1.